The molecule has 1 amide bonds. The maximum Gasteiger partial charge on any atom is 0.350 e. The van der Waals surface area contributed by atoms with Crippen molar-refractivity contribution in [3.63, 3.8) is 0 Å². The molecule has 6 nitrogen and oxygen atoms in total. The normalized spacial score (nSPS) is 12.7. The van der Waals surface area contributed by atoms with Crippen LogP contribution in [0, 0.1) is 0 Å². The van der Waals surface area contributed by atoms with E-state index >= 15 is 0 Å². The smallest absolute Gasteiger partial charge is 0.350 e. The van der Waals surface area contributed by atoms with E-state index in [2.05, 4.69) is 21.2 Å². The number of nitrogens with one attached hydrogen (secondary N) is 1. The summed E-state index contributed by atoms with van der Waals surface area (Å²) in [5.41, 5.74) is 1.30. The summed E-state index contributed by atoms with van der Waals surface area (Å²) in [6.45, 7) is 0.249. The molecule has 1 aliphatic rings. The Kier molecular flexibility index (Phi) is 3.34. The first-order valence-corrected chi connectivity index (χ1v) is 6.73. The summed E-state index contributed by atoms with van der Waals surface area (Å²) in [5, 5.41) is 2.63. The molecule has 0 bridgehead atoms. The van der Waals surface area contributed by atoms with Gasteiger partial charge in [0.2, 0.25) is 0 Å². The molecule has 0 aliphatic carbocycles. The molecule has 106 valence electrons. The van der Waals surface area contributed by atoms with Gasteiger partial charge in [-0.1, -0.05) is 6.07 Å². The Morgan fingerprint density at radius 2 is 2.05 bits per heavy atom. The number of fused-ring (bicyclic) bond motifs is 1. The number of esters is 1. The number of anilines is 1. The molecule has 1 N–H and O–H groups in total. The van der Waals surface area contributed by atoms with Crippen LogP contribution in [0.5, 0.6) is 0 Å². The molecule has 0 unspecified atom stereocenters. The molecule has 2 heterocycles. The zero-order valence-electron chi connectivity index (χ0n) is 10.5. The van der Waals surface area contributed by atoms with E-state index in [-0.39, 0.29) is 16.6 Å². The van der Waals surface area contributed by atoms with E-state index in [4.69, 9.17) is 9.15 Å². The van der Waals surface area contributed by atoms with Gasteiger partial charge in [0.25, 0.3) is 5.91 Å². The second-order valence-corrected chi connectivity index (χ2v) is 5.23. The summed E-state index contributed by atoms with van der Waals surface area (Å²) < 4.78 is 9.75. The first-order valence-electron chi connectivity index (χ1n) is 5.94. The van der Waals surface area contributed by atoms with Gasteiger partial charge in [-0.25, -0.2) is 9.59 Å². The largest absolute Gasteiger partial charge is 0.457 e. The average molecular weight is 350 g/mol. The summed E-state index contributed by atoms with van der Waals surface area (Å²) in [5.74, 6) is -0.861. The maximum absolute atomic E-state index is 12.0. The topological polar surface area (TPSA) is 85.6 Å². The number of carbonyl (C=O) groups is 2. The van der Waals surface area contributed by atoms with E-state index in [0.717, 1.165) is 11.8 Å². The zero-order valence-corrected chi connectivity index (χ0v) is 12.1. The lowest BCUT2D eigenvalue weighted by atomic mass is 10.1. The Hall–Kier alpha value is -2.41. The second-order valence-electron chi connectivity index (χ2n) is 4.37. The predicted molar refractivity (Wildman–Crippen MR) is 76.2 cm³/mol. The van der Waals surface area contributed by atoms with E-state index in [1.807, 2.05) is 0 Å². The van der Waals surface area contributed by atoms with E-state index in [1.54, 1.807) is 18.2 Å². The second kappa shape index (κ2) is 5.17. The molecule has 3 rings (SSSR count). The van der Waals surface area contributed by atoms with Gasteiger partial charge in [0, 0.05) is 11.3 Å². The van der Waals surface area contributed by atoms with Crippen molar-refractivity contribution in [1.29, 1.82) is 0 Å². The molecule has 0 fully saturated rings. The van der Waals surface area contributed by atoms with Crippen LogP contribution in [0.15, 0.2) is 44.2 Å². The van der Waals surface area contributed by atoms with Crippen LogP contribution in [0.25, 0.3) is 0 Å². The van der Waals surface area contributed by atoms with Crippen LogP contribution >= 0.6 is 15.9 Å². The maximum atomic E-state index is 12.0. The number of carbonyl (C=O) groups excluding carboxylic acids is 2. The van der Waals surface area contributed by atoms with E-state index in [9.17, 15) is 14.4 Å². The van der Waals surface area contributed by atoms with Crippen LogP contribution in [0.1, 0.15) is 26.3 Å². The van der Waals surface area contributed by atoms with Crippen molar-refractivity contribution in [2.75, 3.05) is 5.32 Å². The highest BCUT2D eigenvalue weighted by Crippen LogP contribution is 2.23. The Balaban J connectivity index is 1.85. The van der Waals surface area contributed by atoms with Crippen LogP contribution in [-0.2, 0) is 11.3 Å². The first kappa shape index (κ1) is 13.6. The Labute approximate surface area is 126 Å². The summed E-state index contributed by atoms with van der Waals surface area (Å²) in [6.07, 6.45) is 1.07. The van der Waals surface area contributed by atoms with Crippen LogP contribution in [-0.4, -0.2) is 11.9 Å². The third-order valence-corrected chi connectivity index (χ3v) is 3.53. The van der Waals surface area contributed by atoms with Crippen molar-refractivity contribution in [2.24, 2.45) is 0 Å². The van der Waals surface area contributed by atoms with Crippen LogP contribution in [0.2, 0.25) is 0 Å². The van der Waals surface area contributed by atoms with Crippen molar-refractivity contribution in [2.45, 2.75) is 6.61 Å². The number of hydrogen-bond acceptors (Lipinski definition) is 5. The van der Waals surface area contributed by atoms with Crippen molar-refractivity contribution in [3.8, 4) is 0 Å². The minimum Gasteiger partial charge on any atom is -0.457 e. The Morgan fingerprint density at radius 1 is 1.24 bits per heavy atom. The Bertz CT molecular complexity index is 811. The fourth-order valence-corrected chi connectivity index (χ4v) is 2.26. The minimum absolute atomic E-state index is 0.160. The molecule has 1 aromatic heterocycles. The summed E-state index contributed by atoms with van der Waals surface area (Å²) >= 11 is 3.00. The molecule has 7 heteroatoms. The number of rotatable bonds is 2. The van der Waals surface area contributed by atoms with Crippen molar-refractivity contribution < 1.29 is 18.7 Å². The predicted octanol–water partition coefficient (Wildman–Crippen LogP) is 2.33. The zero-order chi connectivity index (χ0) is 15.0. The number of benzene rings is 1. The number of amides is 1. The molecular formula is C14H8BrNO5. The quantitative estimate of drug-likeness (QED) is 0.841. The standard InChI is InChI=1S/C14H8BrNO5/c15-11-3-8(6-21-14(11)19)12(17)16-9-2-1-7-5-20-13(18)10(7)4-9/h1-4,6H,5H2,(H,16,17). The van der Waals surface area contributed by atoms with Crippen molar-refractivity contribution in [3.05, 3.63) is 62.1 Å². The van der Waals surface area contributed by atoms with Gasteiger partial charge in [-0.15, -0.1) is 0 Å². The van der Waals surface area contributed by atoms with Crippen LogP contribution < -0.4 is 10.9 Å². The summed E-state index contributed by atoms with van der Waals surface area (Å²) in [6, 6.07) is 6.31. The van der Waals surface area contributed by atoms with Gasteiger partial charge in [0.05, 0.1) is 11.1 Å². The van der Waals surface area contributed by atoms with Crippen LogP contribution in [0.4, 0.5) is 5.69 Å². The Morgan fingerprint density at radius 3 is 2.81 bits per heavy atom. The summed E-state index contributed by atoms with van der Waals surface area (Å²) in [7, 11) is 0. The third-order valence-electron chi connectivity index (χ3n) is 2.98. The first-order chi connectivity index (χ1) is 10.0. The van der Waals surface area contributed by atoms with Crippen molar-refractivity contribution in [1.82, 2.24) is 0 Å². The SMILES string of the molecule is O=C(Nc1ccc2c(c1)C(=O)OC2)c1coc(=O)c(Br)c1. The third kappa shape index (κ3) is 2.59. The molecule has 21 heavy (non-hydrogen) atoms. The number of cyclic esters (lactones) is 1. The van der Waals surface area contributed by atoms with E-state index < -0.39 is 17.5 Å². The van der Waals surface area contributed by atoms with Gasteiger partial charge in [-0.05, 0) is 34.1 Å². The van der Waals surface area contributed by atoms with Gasteiger partial charge in [0.15, 0.2) is 0 Å². The lowest BCUT2D eigenvalue weighted by molar-refractivity contribution is 0.0535. The molecule has 1 aliphatic heterocycles. The van der Waals surface area contributed by atoms with E-state index in [0.29, 0.717) is 11.3 Å². The van der Waals surface area contributed by atoms with Gasteiger partial charge >= 0.3 is 11.6 Å². The molecule has 2 aromatic rings. The highest BCUT2D eigenvalue weighted by Gasteiger charge is 2.21. The highest BCUT2D eigenvalue weighted by molar-refractivity contribution is 9.10. The molecule has 0 radical (unpaired) electrons. The lowest BCUT2D eigenvalue weighted by Crippen LogP contribution is -2.14. The monoisotopic (exact) mass is 349 g/mol. The molecule has 0 saturated carbocycles. The fourth-order valence-electron chi connectivity index (χ4n) is 1.92. The van der Waals surface area contributed by atoms with Gasteiger partial charge < -0.3 is 14.5 Å². The van der Waals surface area contributed by atoms with Crippen LogP contribution in [0.3, 0.4) is 0 Å². The van der Waals surface area contributed by atoms with Gasteiger partial charge in [-0.3, -0.25) is 4.79 Å². The van der Waals surface area contributed by atoms with Crippen molar-refractivity contribution >= 4 is 33.5 Å². The average Bonchev–Trinajstić information content (AvgIpc) is 2.83. The van der Waals surface area contributed by atoms with E-state index in [1.165, 1.54) is 6.07 Å². The number of hydrogen-bond donors (Lipinski definition) is 1. The minimum atomic E-state index is -0.563. The van der Waals surface area contributed by atoms with Gasteiger partial charge in [0.1, 0.15) is 17.3 Å². The molecule has 0 atom stereocenters. The summed E-state index contributed by atoms with van der Waals surface area (Å²) in [4.78, 5) is 34.6. The molecular weight excluding hydrogens is 342 g/mol. The van der Waals surface area contributed by atoms with Gasteiger partial charge in [-0.2, -0.15) is 0 Å². The number of halogens is 1. The molecule has 0 spiro atoms. The molecule has 1 aromatic carbocycles. The lowest BCUT2D eigenvalue weighted by Gasteiger charge is -2.06. The molecule has 0 saturated heterocycles. The highest BCUT2D eigenvalue weighted by atomic mass is 79.9. The number of ether oxygens (including phenoxy) is 1. The fraction of sp³-hybridized carbons (Fsp3) is 0.0714.